The maximum Gasteiger partial charge on any atom is 0.315 e. The van der Waals surface area contributed by atoms with Gasteiger partial charge in [-0.25, -0.2) is 0 Å². The molecule has 0 unspecified atom stereocenters. The second-order valence-electron chi connectivity index (χ2n) is 2.51. The molecule has 0 atom stereocenters. The summed E-state index contributed by atoms with van der Waals surface area (Å²) in [7, 11) is 0. The van der Waals surface area contributed by atoms with Crippen LogP contribution in [0.5, 0.6) is 0 Å². The number of alkyl halides is 2. The van der Waals surface area contributed by atoms with Gasteiger partial charge in [-0.05, 0) is 28.9 Å². The minimum atomic E-state index is -2.49. The summed E-state index contributed by atoms with van der Waals surface area (Å²) in [6.45, 7) is -0.0551. The van der Waals surface area contributed by atoms with E-state index >= 15 is 0 Å². The van der Waals surface area contributed by atoms with Gasteiger partial charge >= 0.3 is 6.55 Å². The van der Waals surface area contributed by atoms with E-state index in [0.29, 0.717) is 16.8 Å². The molecule has 74 valence electrons. The monoisotopic (exact) mass is 253 g/mol. The Bertz CT molecular complexity index is 240. The Kier molecular flexibility index (Phi) is 3.71. The Morgan fingerprint density at radius 1 is 1.69 bits per heavy atom. The van der Waals surface area contributed by atoms with Crippen LogP contribution in [0.15, 0.2) is 22.5 Å². The van der Waals surface area contributed by atoms with Gasteiger partial charge in [0.15, 0.2) is 0 Å². The lowest BCUT2D eigenvalue weighted by molar-refractivity contribution is 0.00142. The van der Waals surface area contributed by atoms with Gasteiger partial charge in [-0.15, -0.1) is 0 Å². The highest BCUT2D eigenvalue weighted by Gasteiger charge is 2.18. The number of rotatable bonds is 3. The molecule has 0 amide bonds. The topological polar surface area (TPSA) is 12.5 Å². The minimum absolute atomic E-state index is 0.126. The van der Waals surface area contributed by atoms with Crippen LogP contribution in [-0.4, -0.2) is 24.6 Å². The molecule has 0 spiro atoms. The fraction of sp³-hybridized carbons (Fsp3) is 0.500. The first-order valence-corrected chi connectivity index (χ1v) is 4.67. The summed E-state index contributed by atoms with van der Waals surface area (Å²) in [5.41, 5.74) is 0. The van der Waals surface area contributed by atoms with Crippen molar-refractivity contribution in [3.63, 3.8) is 0 Å². The van der Waals surface area contributed by atoms with Crippen molar-refractivity contribution in [2.75, 3.05) is 13.2 Å². The number of halogens is 3. The first-order chi connectivity index (χ1) is 6.13. The van der Waals surface area contributed by atoms with Crippen LogP contribution in [0.2, 0.25) is 0 Å². The fourth-order valence-electron chi connectivity index (χ4n) is 1.02. The van der Waals surface area contributed by atoms with Gasteiger partial charge in [0.25, 0.3) is 0 Å². The van der Waals surface area contributed by atoms with E-state index in [2.05, 4.69) is 15.9 Å². The Labute approximate surface area is 84.0 Å². The van der Waals surface area contributed by atoms with Gasteiger partial charge in [0, 0.05) is 10.7 Å². The van der Waals surface area contributed by atoms with Gasteiger partial charge in [-0.2, -0.15) is 8.78 Å². The molecule has 1 rings (SSSR count). The van der Waals surface area contributed by atoms with Crippen LogP contribution < -0.4 is 0 Å². The molecule has 0 aromatic rings. The second-order valence-corrected chi connectivity index (χ2v) is 3.42. The predicted octanol–water partition coefficient (Wildman–Crippen LogP) is 2.68. The lowest BCUT2D eigenvalue weighted by atomic mass is 10.3. The smallest absolute Gasteiger partial charge is 0.315 e. The molecular formula is C8H10BrF2NO. The van der Waals surface area contributed by atoms with Crippen molar-refractivity contribution >= 4 is 15.9 Å². The normalized spacial score (nSPS) is 17.2. The first kappa shape index (κ1) is 10.5. The summed E-state index contributed by atoms with van der Waals surface area (Å²) in [5, 5.41) is 0. The molecule has 1 heterocycles. The summed E-state index contributed by atoms with van der Waals surface area (Å²) >= 11 is 3.14. The summed E-state index contributed by atoms with van der Waals surface area (Å²) in [4.78, 5) is 0.912. The van der Waals surface area contributed by atoms with Gasteiger partial charge in [-0.3, -0.25) is 0 Å². The lowest BCUT2D eigenvalue weighted by Gasteiger charge is -2.24. The highest BCUT2D eigenvalue weighted by Crippen LogP contribution is 2.21. The molecule has 0 aliphatic carbocycles. The van der Waals surface area contributed by atoms with Gasteiger partial charge in [0.2, 0.25) is 0 Å². The van der Waals surface area contributed by atoms with Gasteiger partial charge in [0.1, 0.15) is 5.76 Å². The molecule has 0 saturated heterocycles. The molecule has 13 heavy (non-hydrogen) atoms. The third kappa shape index (κ3) is 2.99. The van der Waals surface area contributed by atoms with Crippen LogP contribution in [-0.2, 0) is 4.74 Å². The maximum atomic E-state index is 12.3. The van der Waals surface area contributed by atoms with Gasteiger partial charge in [0.05, 0.1) is 13.2 Å². The molecular weight excluding hydrogens is 244 g/mol. The maximum absolute atomic E-state index is 12.3. The van der Waals surface area contributed by atoms with E-state index in [-0.39, 0.29) is 6.54 Å². The number of allylic oxidation sites excluding steroid dienone is 2. The summed E-state index contributed by atoms with van der Waals surface area (Å²) in [6, 6.07) is 0. The van der Waals surface area contributed by atoms with Crippen molar-refractivity contribution in [3.8, 4) is 0 Å². The van der Waals surface area contributed by atoms with Crippen LogP contribution in [0, 0.1) is 0 Å². The average molecular weight is 254 g/mol. The highest BCUT2D eigenvalue weighted by molar-refractivity contribution is 9.11. The van der Waals surface area contributed by atoms with E-state index in [1.54, 1.807) is 6.08 Å². The number of hydrogen-bond donors (Lipinski definition) is 0. The van der Waals surface area contributed by atoms with Crippen molar-refractivity contribution in [2.45, 2.75) is 13.5 Å². The standard InChI is InChI=1S/C8H10BrF2NO/c1-2-13-7-3-6(9)4-12(5-7)8(10)11/h3-4,8H,2,5H2,1H3. The van der Waals surface area contributed by atoms with Crippen molar-refractivity contribution in [3.05, 3.63) is 22.5 Å². The largest absolute Gasteiger partial charge is 0.496 e. The average Bonchev–Trinajstić information content (AvgIpc) is 2.03. The van der Waals surface area contributed by atoms with Crippen molar-refractivity contribution < 1.29 is 13.5 Å². The van der Waals surface area contributed by atoms with E-state index in [1.807, 2.05) is 6.92 Å². The van der Waals surface area contributed by atoms with Gasteiger partial charge < -0.3 is 9.64 Å². The summed E-state index contributed by atoms with van der Waals surface area (Å²) < 4.78 is 30.3. The Hall–Kier alpha value is -0.580. The zero-order valence-electron chi connectivity index (χ0n) is 7.14. The predicted molar refractivity (Wildman–Crippen MR) is 49.4 cm³/mol. The van der Waals surface area contributed by atoms with Crippen LogP contribution in [0.1, 0.15) is 6.92 Å². The molecule has 2 nitrogen and oxygen atoms in total. The Morgan fingerprint density at radius 2 is 2.38 bits per heavy atom. The molecule has 0 fully saturated rings. The zero-order chi connectivity index (χ0) is 9.84. The number of nitrogens with zero attached hydrogens (tertiary/aromatic N) is 1. The molecule has 0 N–H and O–H groups in total. The van der Waals surface area contributed by atoms with Crippen LogP contribution in [0.4, 0.5) is 8.78 Å². The third-order valence-corrected chi connectivity index (χ3v) is 1.94. The quantitative estimate of drug-likeness (QED) is 0.718. The zero-order valence-corrected chi connectivity index (χ0v) is 8.72. The number of ether oxygens (including phenoxy) is 1. The van der Waals surface area contributed by atoms with Crippen LogP contribution in [0.25, 0.3) is 0 Å². The minimum Gasteiger partial charge on any atom is -0.496 e. The van der Waals surface area contributed by atoms with Crippen molar-refractivity contribution in [1.29, 1.82) is 0 Å². The summed E-state index contributed by atoms with van der Waals surface area (Å²) in [6.07, 6.45) is 3.05. The van der Waals surface area contributed by atoms with E-state index in [1.165, 1.54) is 6.20 Å². The SMILES string of the molecule is CCOC1=CC(Br)=CN(C(F)F)C1. The molecule has 0 aromatic carbocycles. The Balaban J connectivity index is 2.66. The van der Waals surface area contributed by atoms with Crippen molar-refractivity contribution in [2.24, 2.45) is 0 Å². The Morgan fingerprint density at radius 3 is 2.92 bits per heavy atom. The molecule has 5 heteroatoms. The van der Waals surface area contributed by atoms with Crippen molar-refractivity contribution in [1.82, 2.24) is 4.90 Å². The van der Waals surface area contributed by atoms with E-state index in [9.17, 15) is 8.78 Å². The third-order valence-electron chi connectivity index (χ3n) is 1.51. The van der Waals surface area contributed by atoms with Crippen LogP contribution in [0.3, 0.4) is 0 Å². The lowest BCUT2D eigenvalue weighted by Crippen LogP contribution is -2.28. The molecule has 1 aliphatic rings. The number of hydrogen-bond acceptors (Lipinski definition) is 2. The molecule has 0 radical (unpaired) electrons. The molecule has 0 bridgehead atoms. The van der Waals surface area contributed by atoms with Crippen LogP contribution >= 0.6 is 15.9 Å². The molecule has 0 aromatic heterocycles. The van der Waals surface area contributed by atoms with Gasteiger partial charge in [-0.1, -0.05) is 0 Å². The second kappa shape index (κ2) is 4.60. The van der Waals surface area contributed by atoms with E-state index in [0.717, 1.165) is 4.90 Å². The molecule has 1 aliphatic heterocycles. The van der Waals surface area contributed by atoms with E-state index < -0.39 is 6.55 Å². The highest BCUT2D eigenvalue weighted by atomic mass is 79.9. The van der Waals surface area contributed by atoms with E-state index in [4.69, 9.17) is 4.74 Å². The fourth-order valence-corrected chi connectivity index (χ4v) is 1.54. The molecule has 0 saturated carbocycles. The first-order valence-electron chi connectivity index (χ1n) is 3.88. The summed E-state index contributed by atoms with van der Waals surface area (Å²) in [5.74, 6) is 0.553.